The Labute approximate surface area is 130 Å². The highest BCUT2D eigenvalue weighted by molar-refractivity contribution is 5.76. The SMILES string of the molecule is CCCN1CCC(N(C)C(=O)CCC2CCNCC2)CC1. The van der Waals surface area contributed by atoms with Crippen molar-refractivity contribution in [3.8, 4) is 0 Å². The third-order valence-electron chi connectivity index (χ3n) is 5.26. The lowest BCUT2D eigenvalue weighted by molar-refractivity contribution is -0.133. The highest BCUT2D eigenvalue weighted by Crippen LogP contribution is 2.20. The maximum Gasteiger partial charge on any atom is 0.222 e. The molecule has 0 radical (unpaired) electrons. The zero-order chi connectivity index (χ0) is 15.1. The van der Waals surface area contributed by atoms with Gasteiger partial charge in [0.25, 0.3) is 0 Å². The predicted molar refractivity (Wildman–Crippen MR) is 87.4 cm³/mol. The molecule has 2 fully saturated rings. The molecule has 0 spiro atoms. The summed E-state index contributed by atoms with van der Waals surface area (Å²) in [6.07, 6.45) is 7.84. The molecule has 2 rings (SSSR count). The number of rotatable bonds is 6. The molecule has 1 N–H and O–H groups in total. The molecule has 2 heterocycles. The van der Waals surface area contributed by atoms with Gasteiger partial charge in [-0.3, -0.25) is 4.79 Å². The average Bonchev–Trinajstić information content (AvgIpc) is 2.54. The van der Waals surface area contributed by atoms with Crippen molar-refractivity contribution in [2.75, 3.05) is 39.8 Å². The minimum atomic E-state index is 0.363. The molecule has 0 bridgehead atoms. The minimum absolute atomic E-state index is 0.363. The van der Waals surface area contributed by atoms with Gasteiger partial charge in [-0.1, -0.05) is 6.92 Å². The molecular weight excluding hydrogens is 262 g/mol. The van der Waals surface area contributed by atoms with Gasteiger partial charge in [-0.15, -0.1) is 0 Å². The molecule has 0 unspecified atom stereocenters. The Kier molecular flexibility index (Phi) is 6.97. The maximum atomic E-state index is 12.4. The monoisotopic (exact) mass is 295 g/mol. The summed E-state index contributed by atoms with van der Waals surface area (Å²) in [6.45, 7) is 8.02. The molecule has 0 aliphatic carbocycles. The van der Waals surface area contributed by atoms with Crippen molar-refractivity contribution in [2.45, 2.75) is 57.9 Å². The Bertz CT molecular complexity index is 307. The molecule has 0 aromatic heterocycles. The van der Waals surface area contributed by atoms with E-state index in [1.54, 1.807) is 0 Å². The molecule has 4 nitrogen and oxygen atoms in total. The second kappa shape index (κ2) is 8.74. The van der Waals surface area contributed by atoms with Crippen LogP contribution in [0.4, 0.5) is 0 Å². The standard InChI is InChI=1S/C17H33N3O/c1-3-12-20-13-8-16(9-14-20)19(2)17(21)5-4-15-6-10-18-11-7-15/h15-16,18H,3-14H2,1-2H3. The summed E-state index contributed by atoms with van der Waals surface area (Å²) in [5, 5.41) is 3.39. The van der Waals surface area contributed by atoms with E-state index in [0.29, 0.717) is 11.9 Å². The molecule has 122 valence electrons. The Morgan fingerprint density at radius 1 is 1.19 bits per heavy atom. The van der Waals surface area contributed by atoms with E-state index in [2.05, 4.69) is 17.1 Å². The fourth-order valence-corrected chi connectivity index (χ4v) is 3.72. The quantitative estimate of drug-likeness (QED) is 0.815. The highest BCUT2D eigenvalue weighted by atomic mass is 16.2. The first-order chi connectivity index (χ1) is 10.2. The summed E-state index contributed by atoms with van der Waals surface area (Å²) in [7, 11) is 2.02. The summed E-state index contributed by atoms with van der Waals surface area (Å²) >= 11 is 0. The second-order valence-electron chi connectivity index (χ2n) is 6.81. The van der Waals surface area contributed by atoms with Gasteiger partial charge >= 0.3 is 0 Å². The van der Waals surface area contributed by atoms with Crippen LogP contribution in [0.5, 0.6) is 0 Å². The molecule has 2 aliphatic heterocycles. The normalized spacial score (nSPS) is 22.4. The van der Waals surface area contributed by atoms with Gasteiger partial charge < -0.3 is 15.1 Å². The lowest BCUT2D eigenvalue weighted by Crippen LogP contribution is -2.45. The fourth-order valence-electron chi connectivity index (χ4n) is 3.72. The van der Waals surface area contributed by atoms with Crippen LogP contribution in [0.2, 0.25) is 0 Å². The molecule has 0 aromatic carbocycles. The third kappa shape index (κ3) is 5.26. The van der Waals surface area contributed by atoms with Crippen molar-refractivity contribution in [1.29, 1.82) is 0 Å². The van der Waals surface area contributed by atoms with Crippen LogP contribution in [0.3, 0.4) is 0 Å². The van der Waals surface area contributed by atoms with Crippen LogP contribution in [-0.2, 0) is 4.79 Å². The molecular formula is C17H33N3O. The number of hydrogen-bond donors (Lipinski definition) is 1. The number of hydrogen-bond acceptors (Lipinski definition) is 3. The number of likely N-dealkylation sites (tertiary alicyclic amines) is 1. The van der Waals surface area contributed by atoms with Crippen molar-refractivity contribution < 1.29 is 4.79 Å². The number of piperidine rings is 2. The second-order valence-corrected chi connectivity index (χ2v) is 6.81. The molecule has 0 saturated carbocycles. The van der Waals surface area contributed by atoms with Crippen LogP contribution >= 0.6 is 0 Å². The maximum absolute atomic E-state index is 12.4. The zero-order valence-corrected chi connectivity index (χ0v) is 13.9. The summed E-state index contributed by atoms with van der Waals surface area (Å²) in [4.78, 5) is 17.0. The molecule has 2 aliphatic rings. The van der Waals surface area contributed by atoms with E-state index in [9.17, 15) is 4.79 Å². The number of carbonyl (C=O) groups is 1. The molecule has 21 heavy (non-hydrogen) atoms. The number of amides is 1. The minimum Gasteiger partial charge on any atom is -0.343 e. The molecule has 1 amide bonds. The number of carbonyl (C=O) groups excluding carboxylic acids is 1. The lowest BCUT2D eigenvalue weighted by Gasteiger charge is -2.37. The average molecular weight is 295 g/mol. The van der Waals surface area contributed by atoms with E-state index in [4.69, 9.17) is 0 Å². The van der Waals surface area contributed by atoms with E-state index in [-0.39, 0.29) is 0 Å². The van der Waals surface area contributed by atoms with E-state index in [1.165, 1.54) is 25.8 Å². The topological polar surface area (TPSA) is 35.6 Å². The molecule has 4 heteroatoms. The Morgan fingerprint density at radius 2 is 1.86 bits per heavy atom. The summed E-state index contributed by atoms with van der Waals surface area (Å²) in [5.41, 5.74) is 0. The van der Waals surface area contributed by atoms with Gasteiger partial charge in [0, 0.05) is 32.6 Å². The Hall–Kier alpha value is -0.610. The molecule has 2 saturated heterocycles. The van der Waals surface area contributed by atoms with E-state index < -0.39 is 0 Å². The zero-order valence-electron chi connectivity index (χ0n) is 13.9. The molecule has 0 aromatic rings. The van der Waals surface area contributed by atoms with Gasteiger partial charge in [-0.25, -0.2) is 0 Å². The molecule has 0 atom stereocenters. The number of nitrogens with zero attached hydrogens (tertiary/aromatic N) is 2. The first-order valence-corrected chi connectivity index (χ1v) is 8.89. The van der Waals surface area contributed by atoms with Crippen molar-refractivity contribution in [3.05, 3.63) is 0 Å². The van der Waals surface area contributed by atoms with Gasteiger partial charge in [0.2, 0.25) is 5.91 Å². The largest absolute Gasteiger partial charge is 0.343 e. The summed E-state index contributed by atoms with van der Waals surface area (Å²) in [6, 6.07) is 0.471. The van der Waals surface area contributed by atoms with E-state index in [0.717, 1.165) is 57.8 Å². The first kappa shape index (κ1) is 16.8. The van der Waals surface area contributed by atoms with Gasteiger partial charge in [0.05, 0.1) is 0 Å². The van der Waals surface area contributed by atoms with Crippen LogP contribution in [0.25, 0.3) is 0 Å². The number of nitrogens with one attached hydrogen (secondary N) is 1. The van der Waals surface area contributed by atoms with E-state index >= 15 is 0 Å². The van der Waals surface area contributed by atoms with Crippen LogP contribution in [0.15, 0.2) is 0 Å². The highest BCUT2D eigenvalue weighted by Gasteiger charge is 2.25. The van der Waals surface area contributed by atoms with Gasteiger partial charge in [-0.05, 0) is 64.1 Å². The van der Waals surface area contributed by atoms with Gasteiger partial charge in [0.1, 0.15) is 0 Å². The Morgan fingerprint density at radius 3 is 2.48 bits per heavy atom. The first-order valence-electron chi connectivity index (χ1n) is 8.89. The summed E-state index contributed by atoms with van der Waals surface area (Å²) in [5.74, 6) is 1.12. The summed E-state index contributed by atoms with van der Waals surface area (Å²) < 4.78 is 0. The van der Waals surface area contributed by atoms with E-state index in [1.807, 2.05) is 11.9 Å². The lowest BCUT2D eigenvalue weighted by atomic mass is 9.92. The van der Waals surface area contributed by atoms with Crippen LogP contribution in [0, 0.1) is 5.92 Å². The van der Waals surface area contributed by atoms with Crippen LogP contribution in [-0.4, -0.2) is 61.5 Å². The fraction of sp³-hybridized carbons (Fsp3) is 0.941. The van der Waals surface area contributed by atoms with Crippen molar-refractivity contribution in [3.63, 3.8) is 0 Å². The van der Waals surface area contributed by atoms with Crippen molar-refractivity contribution >= 4 is 5.91 Å². The predicted octanol–water partition coefficient (Wildman–Crippen LogP) is 2.10. The van der Waals surface area contributed by atoms with Crippen molar-refractivity contribution in [2.24, 2.45) is 5.92 Å². The van der Waals surface area contributed by atoms with Gasteiger partial charge in [-0.2, -0.15) is 0 Å². The van der Waals surface area contributed by atoms with Crippen molar-refractivity contribution in [1.82, 2.24) is 15.1 Å². The van der Waals surface area contributed by atoms with Crippen LogP contribution < -0.4 is 5.32 Å². The van der Waals surface area contributed by atoms with Crippen LogP contribution in [0.1, 0.15) is 51.9 Å². The Balaban J connectivity index is 1.67. The smallest absolute Gasteiger partial charge is 0.222 e. The van der Waals surface area contributed by atoms with Gasteiger partial charge in [0.15, 0.2) is 0 Å². The third-order valence-corrected chi connectivity index (χ3v) is 5.26.